The minimum absolute atomic E-state index is 0.202. The van der Waals surface area contributed by atoms with Crippen molar-refractivity contribution in [2.24, 2.45) is 0 Å². The molecule has 136 valence electrons. The van der Waals surface area contributed by atoms with Crippen LogP contribution in [-0.4, -0.2) is 17.2 Å². The third-order valence-corrected chi connectivity index (χ3v) is 5.59. The molecule has 5 rings (SSSR count). The van der Waals surface area contributed by atoms with Gasteiger partial charge in [-0.1, -0.05) is 24.3 Å². The highest BCUT2D eigenvalue weighted by molar-refractivity contribution is 6.09. The highest BCUT2D eigenvalue weighted by Gasteiger charge is 2.37. The summed E-state index contributed by atoms with van der Waals surface area (Å²) in [5.41, 5.74) is 6.44. The van der Waals surface area contributed by atoms with Gasteiger partial charge in [-0.2, -0.15) is 0 Å². The zero-order chi connectivity index (χ0) is 18.7. The highest BCUT2D eigenvalue weighted by Crippen LogP contribution is 2.48. The van der Waals surface area contributed by atoms with Crippen molar-refractivity contribution in [3.63, 3.8) is 0 Å². The van der Waals surface area contributed by atoms with Gasteiger partial charge in [0.05, 0.1) is 17.1 Å². The molecule has 0 saturated carbocycles. The van der Waals surface area contributed by atoms with E-state index in [1.165, 1.54) is 16.9 Å². The number of nitrogens with zero attached hydrogens (tertiary/aromatic N) is 3. The first-order chi connectivity index (χ1) is 13.1. The Hall–Kier alpha value is -3.01. The number of benzene rings is 2. The van der Waals surface area contributed by atoms with E-state index in [-0.39, 0.29) is 6.17 Å². The summed E-state index contributed by atoms with van der Waals surface area (Å²) in [6.07, 6.45) is 1.98. The Kier molecular flexibility index (Phi) is 3.44. The molecule has 0 fully saturated rings. The lowest BCUT2D eigenvalue weighted by molar-refractivity contribution is 0.602. The van der Waals surface area contributed by atoms with Gasteiger partial charge >= 0.3 is 0 Å². The number of hydrogen-bond donors (Lipinski definition) is 0. The molecule has 1 unspecified atom stereocenters. The summed E-state index contributed by atoms with van der Waals surface area (Å²) in [6, 6.07) is 17.4. The zero-order valence-corrected chi connectivity index (χ0v) is 16.1. The fourth-order valence-corrected chi connectivity index (χ4v) is 4.49. The average Bonchev–Trinajstić information content (AvgIpc) is 3.17. The third kappa shape index (κ3) is 2.19. The lowest BCUT2D eigenvalue weighted by Crippen LogP contribution is -2.42. The second kappa shape index (κ2) is 5.74. The van der Waals surface area contributed by atoms with Gasteiger partial charge in [0, 0.05) is 23.0 Å². The molecule has 1 aliphatic rings. The number of fused-ring (bicyclic) bond motifs is 4. The van der Waals surface area contributed by atoms with E-state index in [1.54, 1.807) is 6.20 Å². The highest BCUT2D eigenvalue weighted by atomic mass is 16.3. The van der Waals surface area contributed by atoms with Gasteiger partial charge in [-0.3, -0.25) is 0 Å². The van der Waals surface area contributed by atoms with E-state index < -0.39 is 0 Å². The second-order valence-electron chi connectivity index (χ2n) is 7.56. The van der Waals surface area contributed by atoms with Gasteiger partial charge in [0.2, 0.25) is 5.71 Å². The maximum atomic E-state index is 6.26. The summed E-state index contributed by atoms with van der Waals surface area (Å²) in [4.78, 5) is 9.31. The summed E-state index contributed by atoms with van der Waals surface area (Å²) in [6.45, 7) is 8.91. The minimum atomic E-state index is 0.202. The number of aryl methyl sites for hydroxylation is 1. The van der Waals surface area contributed by atoms with Crippen molar-refractivity contribution in [1.29, 1.82) is 0 Å². The molecule has 27 heavy (non-hydrogen) atoms. The Bertz CT molecular complexity index is 1160. The smallest absolute Gasteiger partial charge is 0.227 e. The van der Waals surface area contributed by atoms with Gasteiger partial charge in [-0.25, -0.2) is 4.98 Å². The summed E-state index contributed by atoms with van der Waals surface area (Å²) in [7, 11) is 0. The molecular weight excluding hydrogens is 334 g/mol. The molecule has 2 aromatic carbocycles. The van der Waals surface area contributed by atoms with Crippen LogP contribution in [0.4, 0.5) is 17.1 Å². The molecule has 4 heteroatoms. The zero-order valence-electron chi connectivity index (χ0n) is 16.1. The molecule has 0 N–H and O–H groups in total. The van der Waals surface area contributed by atoms with E-state index in [2.05, 4.69) is 84.9 Å². The number of rotatable bonds is 2. The first-order valence-corrected chi connectivity index (χ1v) is 9.51. The Balaban J connectivity index is 1.82. The van der Waals surface area contributed by atoms with Crippen LogP contribution >= 0.6 is 0 Å². The van der Waals surface area contributed by atoms with Crippen LogP contribution in [-0.2, 0) is 0 Å². The maximum absolute atomic E-state index is 6.26. The van der Waals surface area contributed by atoms with Crippen LogP contribution < -0.4 is 9.80 Å². The van der Waals surface area contributed by atoms with Crippen LogP contribution in [0.2, 0.25) is 0 Å². The van der Waals surface area contributed by atoms with Crippen LogP contribution in [0.1, 0.15) is 26.3 Å². The summed E-state index contributed by atoms with van der Waals surface area (Å²) >= 11 is 0. The molecule has 4 aromatic rings. The van der Waals surface area contributed by atoms with Crippen LogP contribution in [0.15, 0.2) is 59.1 Å². The van der Waals surface area contributed by atoms with E-state index in [0.717, 1.165) is 22.0 Å². The minimum Gasteiger partial charge on any atom is -0.435 e. The SMILES string of the molecule is Cc1ccc2c(oc3ncccc32)c1N1c2ccccc2N(C(C)C)C1C. The van der Waals surface area contributed by atoms with Gasteiger partial charge in [-0.05, 0) is 57.5 Å². The normalized spacial score (nSPS) is 16.7. The Morgan fingerprint density at radius 2 is 1.74 bits per heavy atom. The number of anilines is 3. The van der Waals surface area contributed by atoms with Crippen molar-refractivity contribution in [1.82, 2.24) is 4.98 Å². The lowest BCUT2D eigenvalue weighted by Gasteiger charge is -2.33. The van der Waals surface area contributed by atoms with Gasteiger partial charge in [0.1, 0.15) is 6.17 Å². The molecule has 4 nitrogen and oxygen atoms in total. The topological polar surface area (TPSA) is 32.5 Å². The van der Waals surface area contributed by atoms with Gasteiger partial charge in [0.15, 0.2) is 5.58 Å². The predicted molar refractivity (Wildman–Crippen MR) is 112 cm³/mol. The van der Waals surface area contributed by atoms with Crippen molar-refractivity contribution in [2.45, 2.75) is 39.9 Å². The van der Waals surface area contributed by atoms with Gasteiger partial charge in [0.25, 0.3) is 0 Å². The number of furan rings is 1. The molecule has 3 heterocycles. The van der Waals surface area contributed by atoms with Crippen molar-refractivity contribution in [2.75, 3.05) is 9.80 Å². The monoisotopic (exact) mass is 357 g/mol. The summed E-state index contributed by atoms with van der Waals surface area (Å²) < 4.78 is 6.26. The van der Waals surface area contributed by atoms with E-state index in [9.17, 15) is 0 Å². The number of aromatic nitrogens is 1. The largest absolute Gasteiger partial charge is 0.435 e. The molecule has 0 bridgehead atoms. The standard InChI is InChI=1S/C23H23N3O/c1-14(2)25-16(4)26(20-10-6-5-9-19(20)25)21-15(3)11-12-17-18-8-7-13-24-23(18)27-22(17)21/h5-14,16H,1-4H3. The fraction of sp³-hybridized carbons (Fsp3) is 0.261. The molecular formula is C23H23N3O. The maximum Gasteiger partial charge on any atom is 0.227 e. The Labute approximate surface area is 159 Å². The number of hydrogen-bond acceptors (Lipinski definition) is 4. The molecule has 0 spiro atoms. The van der Waals surface area contributed by atoms with Crippen molar-refractivity contribution in [3.05, 3.63) is 60.3 Å². The first-order valence-electron chi connectivity index (χ1n) is 9.51. The third-order valence-electron chi connectivity index (χ3n) is 5.59. The van der Waals surface area contributed by atoms with Crippen molar-refractivity contribution >= 4 is 39.1 Å². The molecule has 0 aliphatic carbocycles. The number of para-hydroxylation sites is 2. The average molecular weight is 357 g/mol. The van der Waals surface area contributed by atoms with Gasteiger partial charge < -0.3 is 14.2 Å². The number of pyridine rings is 1. The van der Waals surface area contributed by atoms with E-state index in [1.807, 2.05) is 6.07 Å². The molecule has 1 atom stereocenters. The molecule has 0 saturated heterocycles. The van der Waals surface area contributed by atoms with Crippen LogP contribution in [0.5, 0.6) is 0 Å². The van der Waals surface area contributed by atoms with Gasteiger partial charge in [-0.15, -0.1) is 0 Å². The Morgan fingerprint density at radius 3 is 2.52 bits per heavy atom. The molecule has 0 amide bonds. The summed E-state index contributed by atoms with van der Waals surface area (Å²) in [5, 5.41) is 2.18. The molecule has 2 aromatic heterocycles. The Morgan fingerprint density at radius 1 is 0.963 bits per heavy atom. The van der Waals surface area contributed by atoms with Crippen LogP contribution in [0, 0.1) is 6.92 Å². The molecule has 1 aliphatic heterocycles. The quantitative estimate of drug-likeness (QED) is 0.440. The van der Waals surface area contributed by atoms with Crippen molar-refractivity contribution < 1.29 is 4.42 Å². The second-order valence-corrected chi connectivity index (χ2v) is 7.56. The molecule has 0 radical (unpaired) electrons. The first kappa shape index (κ1) is 16.2. The predicted octanol–water partition coefficient (Wildman–Crippen LogP) is 6.00. The van der Waals surface area contributed by atoms with E-state index >= 15 is 0 Å². The van der Waals surface area contributed by atoms with E-state index in [4.69, 9.17) is 4.42 Å². The van der Waals surface area contributed by atoms with Crippen LogP contribution in [0.3, 0.4) is 0 Å². The van der Waals surface area contributed by atoms with E-state index in [0.29, 0.717) is 11.8 Å². The van der Waals surface area contributed by atoms with Crippen LogP contribution in [0.25, 0.3) is 22.1 Å². The lowest BCUT2D eigenvalue weighted by atomic mass is 10.1. The summed E-state index contributed by atoms with van der Waals surface area (Å²) in [5.74, 6) is 0. The van der Waals surface area contributed by atoms with Crippen molar-refractivity contribution in [3.8, 4) is 0 Å². The fourth-order valence-electron chi connectivity index (χ4n) is 4.49.